The number of para-hydroxylation sites is 1. The van der Waals surface area contributed by atoms with Gasteiger partial charge in [0.2, 0.25) is 5.91 Å². The molecule has 26 heavy (non-hydrogen) atoms. The molecule has 0 radical (unpaired) electrons. The van der Waals surface area contributed by atoms with Gasteiger partial charge in [0.05, 0.1) is 13.2 Å². The lowest BCUT2D eigenvalue weighted by Gasteiger charge is -2.42. The maximum absolute atomic E-state index is 12.7. The third kappa shape index (κ3) is 4.40. The highest BCUT2D eigenvalue weighted by atomic mass is 16.5. The van der Waals surface area contributed by atoms with Crippen LogP contribution < -0.4 is 10.2 Å². The van der Waals surface area contributed by atoms with Gasteiger partial charge in [-0.25, -0.2) is 5.43 Å². The standard InChI is InChI=1S/C19H25N3O4/c23-14-19(10-12-26-15-5-2-1-3-6-15)9-4-11-22(13-19)18(25)16-7-8-17(24)21-20-16/h1-3,5-6,23H,4,7-14H2,(H,21,24). The molecule has 1 aromatic carbocycles. The number of benzene rings is 1. The second-order valence-corrected chi connectivity index (χ2v) is 6.99. The number of aliphatic hydroxyl groups is 1. The highest BCUT2D eigenvalue weighted by molar-refractivity contribution is 6.39. The molecule has 2 heterocycles. The van der Waals surface area contributed by atoms with Crippen LogP contribution in [-0.2, 0) is 9.59 Å². The number of hydrazone groups is 1. The Morgan fingerprint density at radius 3 is 2.81 bits per heavy atom. The van der Waals surface area contributed by atoms with E-state index in [2.05, 4.69) is 10.5 Å². The minimum Gasteiger partial charge on any atom is -0.494 e. The zero-order valence-corrected chi connectivity index (χ0v) is 14.8. The lowest BCUT2D eigenvalue weighted by atomic mass is 9.78. The average molecular weight is 359 g/mol. The van der Waals surface area contributed by atoms with Gasteiger partial charge in [0.1, 0.15) is 11.5 Å². The summed E-state index contributed by atoms with van der Waals surface area (Å²) in [6.07, 6.45) is 3.01. The Balaban J connectivity index is 1.59. The smallest absolute Gasteiger partial charge is 0.270 e. The molecule has 3 rings (SSSR count). The number of amides is 2. The van der Waals surface area contributed by atoms with Gasteiger partial charge in [-0.15, -0.1) is 0 Å². The highest BCUT2D eigenvalue weighted by Crippen LogP contribution is 2.33. The van der Waals surface area contributed by atoms with Crippen LogP contribution in [0.4, 0.5) is 0 Å². The Bertz CT molecular complexity index is 677. The number of carbonyl (C=O) groups is 2. The van der Waals surface area contributed by atoms with E-state index in [1.165, 1.54) is 0 Å². The molecule has 0 saturated carbocycles. The number of piperidine rings is 1. The number of hydrogen-bond donors (Lipinski definition) is 2. The average Bonchev–Trinajstić information content (AvgIpc) is 2.69. The van der Waals surface area contributed by atoms with E-state index in [4.69, 9.17) is 4.74 Å². The summed E-state index contributed by atoms with van der Waals surface area (Å²) in [6.45, 7) is 1.63. The van der Waals surface area contributed by atoms with E-state index in [1.807, 2.05) is 30.3 Å². The van der Waals surface area contributed by atoms with Crippen molar-refractivity contribution in [2.75, 3.05) is 26.3 Å². The van der Waals surface area contributed by atoms with Crippen molar-refractivity contribution in [3.05, 3.63) is 30.3 Å². The molecule has 7 nitrogen and oxygen atoms in total. The second-order valence-electron chi connectivity index (χ2n) is 6.99. The van der Waals surface area contributed by atoms with Gasteiger partial charge in [0.25, 0.3) is 5.91 Å². The third-order valence-corrected chi connectivity index (χ3v) is 5.08. The molecule has 1 unspecified atom stereocenters. The lowest BCUT2D eigenvalue weighted by molar-refractivity contribution is -0.129. The van der Waals surface area contributed by atoms with Gasteiger partial charge in [-0.1, -0.05) is 18.2 Å². The number of rotatable bonds is 6. The lowest BCUT2D eigenvalue weighted by Crippen LogP contribution is -2.51. The monoisotopic (exact) mass is 359 g/mol. The van der Waals surface area contributed by atoms with Crippen molar-refractivity contribution in [3.8, 4) is 5.75 Å². The van der Waals surface area contributed by atoms with Crippen molar-refractivity contribution < 1.29 is 19.4 Å². The van der Waals surface area contributed by atoms with Crippen molar-refractivity contribution in [1.29, 1.82) is 0 Å². The third-order valence-electron chi connectivity index (χ3n) is 5.08. The van der Waals surface area contributed by atoms with Gasteiger partial charge in [0.15, 0.2) is 0 Å². The SMILES string of the molecule is O=C1CCC(C(=O)N2CCCC(CO)(CCOc3ccccc3)C2)=NN1. The topological polar surface area (TPSA) is 91.2 Å². The maximum atomic E-state index is 12.7. The van der Waals surface area contributed by atoms with Crippen LogP contribution in [-0.4, -0.2) is 53.8 Å². The normalized spacial score (nSPS) is 23.2. The molecule has 1 aromatic rings. The van der Waals surface area contributed by atoms with Crippen molar-refractivity contribution in [2.24, 2.45) is 10.5 Å². The minimum absolute atomic E-state index is 0.0120. The molecule has 0 spiro atoms. The van der Waals surface area contributed by atoms with Gasteiger partial charge in [0, 0.05) is 31.3 Å². The van der Waals surface area contributed by atoms with Crippen LogP contribution in [0.1, 0.15) is 32.1 Å². The van der Waals surface area contributed by atoms with Gasteiger partial charge in [-0.3, -0.25) is 9.59 Å². The molecule has 2 N–H and O–H groups in total. The first-order chi connectivity index (χ1) is 12.6. The number of nitrogens with one attached hydrogen (secondary N) is 1. The number of carbonyl (C=O) groups excluding carboxylic acids is 2. The van der Waals surface area contributed by atoms with Gasteiger partial charge >= 0.3 is 0 Å². The number of likely N-dealkylation sites (tertiary alicyclic amines) is 1. The summed E-state index contributed by atoms with van der Waals surface area (Å²) in [5, 5.41) is 13.9. The molecule has 1 atom stereocenters. The van der Waals surface area contributed by atoms with Crippen molar-refractivity contribution in [2.45, 2.75) is 32.1 Å². The van der Waals surface area contributed by atoms with E-state index in [0.29, 0.717) is 38.2 Å². The Labute approximate surface area is 153 Å². The molecule has 7 heteroatoms. The van der Waals surface area contributed by atoms with Crippen LogP contribution in [0.25, 0.3) is 0 Å². The summed E-state index contributed by atoms with van der Waals surface area (Å²) >= 11 is 0. The maximum Gasteiger partial charge on any atom is 0.270 e. The minimum atomic E-state index is -0.360. The van der Waals surface area contributed by atoms with E-state index in [0.717, 1.165) is 18.6 Å². The summed E-state index contributed by atoms with van der Waals surface area (Å²) in [7, 11) is 0. The largest absolute Gasteiger partial charge is 0.494 e. The summed E-state index contributed by atoms with van der Waals surface area (Å²) < 4.78 is 5.77. The molecule has 1 fully saturated rings. The zero-order chi connectivity index (χ0) is 18.4. The van der Waals surface area contributed by atoms with E-state index < -0.39 is 0 Å². The van der Waals surface area contributed by atoms with Crippen LogP contribution in [0.3, 0.4) is 0 Å². The molecule has 0 bridgehead atoms. The Hall–Kier alpha value is -2.41. The van der Waals surface area contributed by atoms with Crippen molar-refractivity contribution in [1.82, 2.24) is 10.3 Å². The number of hydrogen-bond acceptors (Lipinski definition) is 5. The first-order valence-electron chi connectivity index (χ1n) is 9.05. The Kier molecular flexibility index (Phi) is 5.88. The molecular weight excluding hydrogens is 334 g/mol. The van der Waals surface area contributed by atoms with Gasteiger partial charge < -0.3 is 14.7 Å². The van der Waals surface area contributed by atoms with Crippen molar-refractivity contribution >= 4 is 17.5 Å². The summed E-state index contributed by atoms with van der Waals surface area (Å²) in [4.78, 5) is 25.6. The Morgan fingerprint density at radius 1 is 1.31 bits per heavy atom. The van der Waals surface area contributed by atoms with Gasteiger partial charge in [-0.2, -0.15) is 5.10 Å². The molecule has 0 aliphatic carbocycles. The molecular formula is C19H25N3O4. The molecule has 2 aliphatic heterocycles. The van der Waals surface area contributed by atoms with E-state index in [1.54, 1.807) is 4.90 Å². The fourth-order valence-electron chi connectivity index (χ4n) is 3.51. The number of ether oxygens (including phenoxy) is 1. The molecule has 1 saturated heterocycles. The van der Waals surface area contributed by atoms with E-state index in [9.17, 15) is 14.7 Å². The first-order valence-corrected chi connectivity index (χ1v) is 9.05. The van der Waals surface area contributed by atoms with Crippen LogP contribution in [0.2, 0.25) is 0 Å². The van der Waals surface area contributed by atoms with Crippen LogP contribution in [0.5, 0.6) is 5.75 Å². The van der Waals surface area contributed by atoms with Crippen molar-refractivity contribution in [3.63, 3.8) is 0 Å². The van der Waals surface area contributed by atoms with E-state index >= 15 is 0 Å². The summed E-state index contributed by atoms with van der Waals surface area (Å²) in [5.41, 5.74) is 2.40. The number of aliphatic hydroxyl groups excluding tert-OH is 1. The number of nitrogens with zero attached hydrogens (tertiary/aromatic N) is 2. The zero-order valence-electron chi connectivity index (χ0n) is 14.8. The van der Waals surface area contributed by atoms with Crippen LogP contribution in [0, 0.1) is 5.41 Å². The van der Waals surface area contributed by atoms with E-state index in [-0.39, 0.29) is 30.3 Å². The fraction of sp³-hybridized carbons (Fsp3) is 0.526. The van der Waals surface area contributed by atoms with Crippen LogP contribution in [0.15, 0.2) is 35.4 Å². The molecule has 2 aliphatic rings. The molecule has 140 valence electrons. The Morgan fingerprint density at radius 2 is 2.12 bits per heavy atom. The predicted octanol–water partition coefficient (Wildman–Crippen LogP) is 1.32. The predicted molar refractivity (Wildman–Crippen MR) is 96.7 cm³/mol. The second kappa shape index (κ2) is 8.31. The first kappa shape index (κ1) is 18.4. The molecule has 2 amide bonds. The van der Waals surface area contributed by atoms with Crippen LogP contribution >= 0.6 is 0 Å². The summed E-state index contributed by atoms with van der Waals surface area (Å²) in [5.74, 6) is 0.492. The van der Waals surface area contributed by atoms with Gasteiger partial charge in [-0.05, 0) is 31.4 Å². The fourth-order valence-corrected chi connectivity index (χ4v) is 3.51. The molecule has 0 aromatic heterocycles. The summed E-state index contributed by atoms with van der Waals surface area (Å²) in [6, 6.07) is 9.57. The highest BCUT2D eigenvalue weighted by Gasteiger charge is 2.38. The quantitative estimate of drug-likeness (QED) is 0.801.